The molecule has 0 bridgehead atoms. The topological polar surface area (TPSA) is 90.4 Å². The van der Waals surface area contributed by atoms with E-state index in [0.717, 1.165) is 12.8 Å². The first-order chi connectivity index (χ1) is 9.47. The van der Waals surface area contributed by atoms with Gasteiger partial charge in [-0.25, -0.2) is 0 Å². The van der Waals surface area contributed by atoms with Gasteiger partial charge in [-0.2, -0.15) is 0 Å². The summed E-state index contributed by atoms with van der Waals surface area (Å²) < 4.78 is 5.31. The van der Waals surface area contributed by atoms with Crippen LogP contribution in [0.2, 0.25) is 0 Å². The first-order valence-corrected chi connectivity index (χ1v) is 6.90. The Hall–Kier alpha value is -1.82. The molecule has 0 atom stereocenters. The molecule has 0 heterocycles. The first kappa shape index (κ1) is 16.2. The van der Waals surface area contributed by atoms with Crippen LogP contribution in [0.5, 0.6) is 5.75 Å². The van der Waals surface area contributed by atoms with Gasteiger partial charge in [0, 0.05) is 12.1 Å². The van der Waals surface area contributed by atoms with E-state index in [2.05, 4.69) is 5.32 Å². The highest BCUT2D eigenvalue weighted by Gasteiger charge is 2.24. The average molecular weight is 281 g/mol. The summed E-state index contributed by atoms with van der Waals surface area (Å²) in [5.41, 5.74) is 6.24. The van der Waals surface area contributed by atoms with Crippen LogP contribution in [0.3, 0.4) is 0 Å². The van der Waals surface area contributed by atoms with Gasteiger partial charge < -0.3 is 15.8 Å². The van der Waals surface area contributed by atoms with Gasteiger partial charge in [0.05, 0.1) is 11.5 Å². The van der Waals surface area contributed by atoms with Crippen molar-refractivity contribution in [2.75, 3.05) is 18.5 Å². The Balaban J connectivity index is 3.00. The lowest BCUT2D eigenvalue weighted by molar-refractivity contribution is -0.384. The molecule has 0 radical (unpaired) electrons. The number of nitro groups is 1. The number of benzene rings is 1. The number of rotatable bonds is 8. The summed E-state index contributed by atoms with van der Waals surface area (Å²) in [7, 11) is 0. The molecule has 0 fully saturated rings. The predicted molar refractivity (Wildman–Crippen MR) is 80.3 cm³/mol. The molecule has 0 aliphatic heterocycles. The Bertz CT molecular complexity index is 459. The minimum atomic E-state index is -0.427. The Morgan fingerprint density at radius 1 is 1.35 bits per heavy atom. The number of ether oxygens (including phenoxy) is 1. The highest BCUT2D eigenvalue weighted by molar-refractivity contribution is 5.68. The molecule has 1 aromatic carbocycles. The summed E-state index contributed by atoms with van der Waals surface area (Å²) in [4.78, 5) is 10.8. The monoisotopic (exact) mass is 281 g/mol. The fourth-order valence-corrected chi connectivity index (χ4v) is 1.90. The Labute approximate surface area is 119 Å². The van der Waals surface area contributed by atoms with Crippen molar-refractivity contribution in [1.29, 1.82) is 0 Å². The average Bonchev–Trinajstić information content (AvgIpc) is 2.45. The fourth-order valence-electron chi connectivity index (χ4n) is 1.90. The predicted octanol–water partition coefficient (Wildman–Crippen LogP) is 2.92. The number of nitro benzene ring substituents is 1. The van der Waals surface area contributed by atoms with Crippen LogP contribution in [0.1, 0.15) is 33.6 Å². The van der Waals surface area contributed by atoms with Gasteiger partial charge >= 0.3 is 5.69 Å². The maximum Gasteiger partial charge on any atom is 0.333 e. The summed E-state index contributed by atoms with van der Waals surface area (Å²) in [5.74, 6) is 0.276. The quantitative estimate of drug-likeness (QED) is 0.564. The molecule has 112 valence electrons. The summed E-state index contributed by atoms with van der Waals surface area (Å²) in [6.07, 6.45) is 1.60. The van der Waals surface area contributed by atoms with E-state index in [9.17, 15) is 10.1 Å². The molecule has 0 saturated carbocycles. The molecule has 0 saturated heterocycles. The standard InChI is InChI=1S/C14H23N3O3/c1-4-14(15,5-2)10-16-11-8-7-9-12(20-6-3)13(11)17(18)19/h7-9,16H,4-6,10,15H2,1-3H3. The van der Waals surface area contributed by atoms with E-state index < -0.39 is 4.92 Å². The van der Waals surface area contributed by atoms with Crippen LogP contribution >= 0.6 is 0 Å². The Morgan fingerprint density at radius 3 is 2.50 bits per heavy atom. The molecule has 0 aliphatic rings. The summed E-state index contributed by atoms with van der Waals surface area (Å²) in [6.45, 7) is 6.68. The van der Waals surface area contributed by atoms with Crippen molar-refractivity contribution in [2.45, 2.75) is 39.2 Å². The minimum Gasteiger partial charge on any atom is -0.487 e. The number of hydrogen-bond donors (Lipinski definition) is 2. The van der Waals surface area contributed by atoms with Gasteiger partial charge in [0.2, 0.25) is 0 Å². The van der Waals surface area contributed by atoms with Crippen LogP contribution in [-0.4, -0.2) is 23.6 Å². The van der Waals surface area contributed by atoms with Gasteiger partial charge in [0.25, 0.3) is 0 Å². The number of hydrogen-bond acceptors (Lipinski definition) is 5. The van der Waals surface area contributed by atoms with E-state index in [1.165, 1.54) is 0 Å². The molecule has 3 N–H and O–H groups in total. The second-order valence-corrected chi connectivity index (χ2v) is 4.77. The highest BCUT2D eigenvalue weighted by atomic mass is 16.6. The lowest BCUT2D eigenvalue weighted by atomic mass is 9.94. The van der Waals surface area contributed by atoms with E-state index in [1.54, 1.807) is 25.1 Å². The van der Waals surface area contributed by atoms with E-state index in [0.29, 0.717) is 18.8 Å². The van der Waals surface area contributed by atoms with Crippen molar-refractivity contribution in [1.82, 2.24) is 0 Å². The molecular formula is C14H23N3O3. The van der Waals surface area contributed by atoms with Crippen LogP contribution in [0.25, 0.3) is 0 Å². The van der Waals surface area contributed by atoms with E-state index in [-0.39, 0.29) is 17.0 Å². The molecule has 20 heavy (non-hydrogen) atoms. The van der Waals surface area contributed by atoms with Crippen LogP contribution in [-0.2, 0) is 0 Å². The Kier molecular flexibility index (Phi) is 5.76. The number of nitrogens with two attached hydrogens (primary N) is 1. The van der Waals surface area contributed by atoms with Crippen molar-refractivity contribution in [3.8, 4) is 5.75 Å². The third kappa shape index (κ3) is 3.84. The third-order valence-corrected chi connectivity index (χ3v) is 3.52. The molecule has 6 heteroatoms. The normalized spacial score (nSPS) is 11.2. The van der Waals surface area contributed by atoms with Crippen LogP contribution in [0, 0.1) is 10.1 Å². The largest absolute Gasteiger partial charge is 0.487 e. The lowest BCUT2D eigenvalue weighted by Crippen LogP contribution is -2.45. The summed E-state index contributed by atoms with van der Waals surface area (Å²) in [5, 5.41) is 14.3. The van der Waals surface area contributed by atoms with Gasteiger partial charge in [-0.05, 0) is 31.9 Å². The maximum absolute atomic E-state index is 11.2. The van der Waals surface area contributed by atoms with Crippen LogP contribution < -0.4 is 15.8 Å². The van der Waals surface area contributed by atoms with Gasteiger partial charge in [0.1, 0.15) is 5.69 Å². The molecule has 0 aliphatic carbocycles. The van der Waals surface area contributed by atoms with E-state index in [1.807, 2.05) is 13.8 Å². The van der Waals surface area contributed by atoms with E-state index in [4.69, 9.17) is 10.5 Å². The smallest absolute Gasteiger partial charge is 0.333 e. The molecule has 0 aromatic heterocycles. The van der Waals surface area contributed by atoms with Crippen LogP contribution in [0.4, 0.5) is 11.4 Å². The fraction of sp³-hybridized carbons (Fsp3) is 0.571. The second-order valence-electron chi connectivity index (χ2n) is 4.77. The van der Waals surface area contributed by atoms with Gasteiger partial charge in [-0.1, -0.05) is 19.9 Å². The summed E-state index contributed by atoms with van der Waals surface area (Å²) in [6, 6.07) is 5.00. The van der Waals surface area contributed by atoms with Crippen LogP contribution in [0.15, 0.2) is 18.2 Å². The van der Waals surface area contributed by atoms with Gasteiger partial charge in [-0.15, -0.1) is 0 Å². The molecule has 0 spiro atoms. The number of nitrogens with zero attached hydrogens (tertiary/aromatic N) is 1. The first-order valence-electron chi connectivity index (χ1n) is 6.90. The SMILES string of the molecule is CCOc1cccc(NCC(N)(CC)CC)c1[N+](=O)[O-]. The number of anilines is 1. The number of para-hydroxylation sites is 1. The van der Waals surface area contributed by atoms with Crippen molar-refractivity contribution < 1.29 is 9.66 Å². The minimum absolute atomic E-state index is 0.0380. The zero-order valence-electron chi connectivity index (χ0n) is 12.3. The molecule has 0 amide bonds. The van der Waals surface area contributed by atoms with Gasteiger partial charge in [-0.3, -0.25) is 10.1 Å². The molecular weight excluding hydrogens is 258 g/mol. The van der Waals surface area contributed by atoms with Gasteiger partial charge in [0.15, 0.2) is 5.75 Å². The zero-order valence-corrected chi connectivity index (χ0v) is 12.3. The van der Waals surface area contributed by atoms with Crippen molar-refractivity contribution >= 4 is 11.4 Å². The maximum atomic E-state index is 11.2. The van der Waals surface area contributed by atoms with Crippen molar-refractivity contribution in [3.05, 3.63) is 28.3 Å². The molecule has 1 rings (SSSR count). The van der Waals surface area contributed by atoms with Crippen molar-refractivity contribution in [2.24, 2.45) is 5.73 Å². The molecule has 1 aromatic rings. The Morgan fingerprint density at radius 2 is 2.00 bits per heavy atom. The summed E-state index contributed by atoms with van der Waals surface area (Å²) >= 11 is 0. The lowest BCUT2D eigenvalue weighted by Gasteiger charge is -2.27. The molecule has 6 nitrogen and oxygen atoms in total. The van der Waals surface area contributed by atoms with E-state index >= 15 is 0 Å². The zero-order chi connectivity index (χ0) is 15.2. The van der Waals surface area contributed by atoms with Crippen molar-refractivity contribution in [3.63, 3.8) is 0 Å². The third-order valence-electron chi connectivity index (χ3n) is 3.52. The molecule has 0 unspecified atom stereocenters. The highest BCUT2D eigenvalue weighted by Crippen LogP contribution is 2.35. The number of nitrogens with one attached hydrogen (secondary N) is 1. The second kappa shape index (κ2) is 7.09.